The van der Waals surface area contributed by atoms with Crippen molar-refractivity contribution in [1.82, 2.24) is 15.5 Å². The number of carbonyl (C=O) groups excluding carboxylic acids is 1. The molecule has 0 aliphatic rings. The Kier molecular flexibility index (Phi) is 3.95. The number of amides is 1. The van der Waals surface area contributed by atoms with E-state index in [0.717, 1.165) is 3.57 Å². The highest BCUT2D eigenvalue weighted by Gasteiger charge is 2.16. The molecule has 0 saturated carbocycles. The van der Waals surface area contributed by atoms with E-state index < -0.39 is 0 Å². The van der Waals surface area contributed by atoms with Crippen LogP contribution in [0.1, 0.15) is 35.0 Å². The fraction of sp³-hybridized carbons (Fsp3) is 0.250. The van der Waals surface area contributed by atoms with Gasteiger partial charge in [0.15, 0.2) is 5.82 Å². The summed E-state index contributed by atoms with van der Waals surface area (Å²) in [4.78, 5) is 16.1. The van der Waals surface area contributed by atoms with Gasteiger partial charge in [-0.15, -0.1) is 0 Å². The molecule has 1 amide bonds. The van der Waals surface area contributed by atoms with Crippen LogP contribution in [0.25, 0.3) is 0 Å². The minimum Gasteiger partial charge on any atom is -0.341 e. The van der Waals surface area contributed by atoms with Crippen molar-refractivity contribution in [3.63, 3.8) is 0 Å². The summed E-state index contributed by atoms with van der Waals surface area (Å²) in [5.74, 6) is 0.809. The molecular formula is C12H12IN3O2. The number of halogens is 1. The molecule has 94 valence electrons. The number of nitrogens with one attached hydrogen (secondary N) is 1. The molecule has 5 nitrogen and oxygen atoms in total. The molecule has 0 radical (unpaired) electrons. The van der Waals surface area contributed by atoms with E-state index in [1.807, 2.05) is 18.2 Å². The van der Waals surface area contributed by atoms with Crippen molar-refractivity contribution in [2.24, 2.45) is 0 Å². The SMILES string of the molecule is Cc1noc([C@@H](C)NC(=O)c2cccc(I)c2)n1. The molecular weight excluding hydrogens is 345 g/mol. The van der Waals surface area contributed by atoms with Crippen LogP contribution >= 0.6 is 22.6 Å². The van der Waals surface area contributed by atoms with Gasteiger partial charge < -0.3 is 9.84 Å². The van der Waals surface area contributed by atoms with Crippen molar-refractivity contribution in [3.8, 4) is 0 Å². The second kappa shape index (κ2) is 5.47. The highest BCUT2D eigenvalue weighted by molar-refractivity contribution is 14.1. The molecule has 6 heteroatoms. The Bertz CT molecular complexity index is 568. The Hall–Kier alpha value is -1.44. The van der Waals surface area contributed by atoms with Crippen molar-refractivity contribution in [3.05, 3.63) is 45.1 Å². The van der Waals surface area contributed by atoms with E-state index in [9.17, 15) is 4.79 Å². The van der Waals surface area contributed by atoms with Crippen LogP contribution in [-0.2, 0) is 0 Å². The fourth-order valence-electron chi connectivity index (χ4n) is 1.46. The van der Waals surface area contributed by atoms with Crippen molar-refractivity contribution in [2.45, 2.75) is 19.9 Å². The molecule has 2 rings (SSSR count). The maximum atomic E-state index is 12.0. The third-order valence-electron chi connectivity index (χ3n) is 2.35. The predicted octanol–water partition coefficient (Wildman–Crippen LogP) is 2.47. The normalized spacial score (nSPS) is 12.2. The largest absolute Gasteiger partial charge is 0.341 e. The number of nitrogens with zero attached hydrogens (tertiary/aromatic N) is 2. The van der Waals surface area contributed by atoms with Gasteiger partial charge in [-0.2, -0.15) is 4.98 Å². The number of aromatic nitrogens is 2. The van der Waals surface area contributed by atoms with Gasteiger partial charge in [-0.25, -0.2) is 0 Å². The van der Waals surface area contributed by atoms with Gasteiger partial charge in [0.1, 0.15) is 6.04 Å². The molecule has 1 heterocycles. The molecule has 0 saturated heterocycles. The van der Waals surface area contributed by atoms with Crippen LogP contribution in [0.5, 0.6) is 0 Å². The van der Waals surface area contributed by atoms with Crippen molar-refractivity contribution in [1.29, 1.82) is 0 Å². The minimum absolute atomic E-state index is 0.156. The molecule has 0 bridgehead atoms. The first-order chi connectivity index (χ1) is 8.56. The van der Waals surface area contributed by atoms with E-state index in [2.05, 4.69) is 38.0 Å². The van der Waals surface area contributed by atoms with Gasteiger partial charge in [0, 0.05) is 9.13 Å². The van der Waals surface area contributed by atoms with Crippen LogP contribution in [-0.4, -0.2) is 16.0 Å². The van der Waals surface area contributed by atoms with Gasteiger partial charge in [0.25, 0.3) is 5.91 Å². The minimum atomic E-state index is -0.309. The van der Waals surface area contributed by atoms with E-state index in [0.29, 0.717) is 17.3 Å². The summed E-state index contributed by atoms with van der Waals surface area (Å²) >= 11 is 2.17. The van der Waals surface area contributed by atoms with Crippen LogP contribution in [0, 0.1) is 10.5 Å². The van der Waals surface area contributed by atoms with E-state index in [1.165, 1.54) is 0 Å². The number of rotatable bonds is 3. The molecule has 0 unspecified atom stereocenters. The topological polar surface area (TPSA) is 68.0 Å². The molecule has 0 aliphatic heterocycles. The highest BCUT2D eigenvalue weighted by Crippen LogP contribution is 2.12. The third kappa shape index (κ3) is 3.06. The number of hydrogen-bond donors (Lipinski definition) is 1. The van der Waals surface area contributed by atoms with Gasteiger partial charge >= 0.3 is 0 Å². The molecule has 1 N–H and O–H groups in total. The van der Waals surface area contributed by atoms with Crippen molar-refractivity contribution < 1.29 is 9.32 Å². The predicted molar refractivity (Wildman–Crippen MR) is 74.1 cm³/mol. The summed E-state index contributed by atoms with van der Waals surface area (Å²) in [5.41, 5.74) is 0.616. The standard InChI is InChI=1S/C12H12IN3O2/c1-7(12-15-8(2)16-18-12)14-11(17)9-4-3-5-10(13)6-9/h3-7H,1-2H3,(H,14,17)/t7-/m1/s1. The van der Waals surface area contributed by atoms with E-state index >= 15 is 0 Å². The van der Waals surface area contributed by atoms with Gasteiger partial charge in [0.2, 0.25) is 5.89 Å². The lowest BCUT2D eigenvalue weighted by Gasteiger charge is -2.09. The lowest BCUT2D eigenvalue weighted by atomic mass is 10.2. The Morgan fingerprint density at radius 2 is 2.28 bits per heavy atom. The smallest absolute Gasteiger partial charge is 0.251 e. The van der Waals surface area contributed by atoms with Gasteiger partial charge in [-0.05, 0) is 54.6 Å². The van der Waals surface area contributed by atoms with Gasteiger partial charge in [0.05, 0.1) is 0 Å². The number of hydrogen-bond acceptors (Lipinski definition) is 4. The summed E-state index contributed by atoms with van der Waals surface area (Å²) in [7, 11) is 0. The first-order valence-electron chi connectivity index (χ1n) is 5.43. The molecule has 18 heavy (non-hydrogen) atoms. The number of carbonyl (C=O) groups is 1. The third-order valence-corrected chi connectivity index (χ3v) is 3.02. The monoisotopic (exact) mass is 357 g/mol. The van der Waals surface area contributed by atoms with E-state index in [-0.39, 0.29) is 11.9 Å². The fourth-order valence-corrected chi connectivity index (χ4v) is 2.00. The maximum Gasteiger partial charge on any atom is 0.251 e. The molecule has 1 atom stereocenters. The van der Waals surface area contributed by atoms with E-state index in [4.69, 9.17) is 4.52 Å². The summed E-state index contributed by atoms with van der Waals surface area (Å²) in [5, 5.41) is 6.51. The van der Waals surface area contributed by atoms with Crippen molar-refractivity contribution >= 4 is 28.5 Å². The Morgan fingerprint density at radius 3 is 2.89 bits per heavy atom. The molecule has 2 aromatic rings. The summed E-state index contributed by atoms with van der Waals surface area (Å²) in [6.45, 7) is 3.54. The van der Waals surface area contributed by atoms with Gasteiger partial charge in [-0.3, -0.25) is 4.79 Å². The molecule has 1 aromatic carbocycles. The van der Waals surface area contributed by atoms with Crippen LogP contribution < -0.4 is 5.32 Å². The average molecular weight is 357 g/mol. The first kappa shape index (κ1) is 13.0. The molecule has 0 spiro atoms. The quantitative estimate of drug-likeness (QED) is 0.857. The molecule has 0 fully saturated rings. The lowest BCUT2D eigenvalue weighted by molar-refractivity contribution is 0.0932. The van der Waals surface area contributed by atoms with Crippen LogP contribution in [0.2, 0.25) is 0 Å². The lowest BCUT2D eigenvalue weighted by Crippen LogP contribution is -2.26. The van der Waals surface area contributed by atoms with Crippen molar-refractivity contribution in [2.75, 3.05) is 0 Å². The summed E-state index contributed by atoms with van der Waals surface area (Å²) < 4.78 is 6.02. The number of aryl methyl sites for hydroxylation is 1. The van der Waals surface area contributed by atoms with Gasteiger partial charge in [-0.1, -0.05) is 11.2 Å². The summed E-state index contributed by atoms with van der Waals surface area (Å²) in [6.07, 6.45) is 0. The zero-order chi connectivity index (χ0) is 13.1. The zero-order valence-corrected chi connectivity index (χ0v) is 12.1. The number of benzene rings is 1. The summed E-state index contributed by atoms with van der Waals surface area (Å²) in [6, 6.07) is 7.06. The van der Waals surface area contributed by atoms with Crippen LogP contribution in [0.15, 0.2) is 28.8 Å². The Balaban J connectivity index is 2.08. The highest BCUT2D eigenvalue weighted by atomic mass is 127. The second-order valence-electron chi connectivity index (χ2n) is 3.89. The Labute approximate surface area is 118 Å². The first-order valence-corrected chi connectivity index (χ1v) is 6.51. The Morgan fingerprint density at radius 1 is 1.50 bits per heavy atom. The van der Waals surface area contributed by atoms with Crippen LogP contribution in [0.4, 0.5) is 0 Å². The van der Waals surface area contributed by atoms with Crippen LogP contribution in [0.3, 0.4) is 0 Å². The maximum absolute atomic E-state index is 12.0. The molecule has 1 aromatic heterocycles. The zero-order valence-electron chi connectivity index (χ0n) is 9.98. The average Bonchev–Trinajstić information content (AvgIpc) is 2.76. The van der Waals surface area contributed by atoms with E-state index in [1.54, 1.807) is 19.9 Å². The molecule has 0 aliphatic carbocycles. The second-order valence-corrected chi connectivity index (χ2v) is 5.13.